The van der Waals surface area contributed by atoms with Crippen molar-refractivity contribution in [2.75, 3.05) is 0 Å². The maximum atomic E-state index is 13.2. The molecule has 2 heterocycles. The summed E-state index contributed by atoms with van der Waals surface area (Å²) in [6.07, 6.45) is 0. The fraction of sp³-hybridized carbons (Fsp3) is 0. The Balaban J connectivity index is 2.12. The van der Waals surface area contributed by atoms with E-state index in [1.165, 1.54) is 28.7 Å². The molecular formula is C21H9N3O5. The summed E-state index contributed by atoms with van der Waals surface area (Å²) in [5.41, 5.74) is 0.763. The first-order valence-corrected chi connectivity index (χ1v) is 8.46. The Bertz CT molecular complexity index is 1620. The number of hydrogen-bond acceptors (Lipinski definition) is 5. The van der Waals surface area contributed by atoms with Gasteiger partial charge in [0.25, 0.3) is 5.56 Å². The predicted molar refractivity (Wildman–Crippen MR) is 104 cm³/mol. The van der Waals surface area contributed by atoms with Crippen LogP contribution in [0.2, 0.25) is 0 Å². The zero-order valence-electron chi connectivity index (χ0n) is 14.5. The van der Waals surface area contributed by atoms with Crippen molar-refractivity contribution in [1.82, 2.24) is 9.38 Å². The van der Waals surface area contributed by atoms with Gasteiger partial charge in [0, 0.05) is 21.5 Å². The molecule has 5 rings (SSSR count). The molecule has 0 radical (unpaired) electrons. The highest BCUT2D eigenvalue weighted by molar-refractivity contribution is 6.24. The molecule has 3 aromatic carbocycles. The largest absolute Gasteiger partial charge is 0.478 e. The van der Waals surface area contributed by atoms with Crippen LogP contribution >= 0.6 is 0 Å². The summed E-state index contributed by atoms with van der Waals surface area (Å²) in [7, 11) is 0. The molecule has 8 heteroatoms. The van der Waals surface area contributed by atoms with Gasteiger partial charge in [-0.25, -0.2) is 14.6 Å². The van der Waals surface area contributed by atoms with Crippen LogP contribution in [-0.4, -0.2) is 31.5 Å². The van der Waals surface area contributed by atoms with Crippen molar-refractivity contribution in [3.05, 3.63) is 69.5 Å². The van der Waals surface area contributed by atoms with Crippen LogP contribution in [0.4, 0.5) is 0 Å². The number of carboxylic acids is 2. The summed E-state index contributed by atoms with van der Waals surface area (Å²) in [5.74, 6) is -2.58. The van der Waals surface area contributed by atoms with Crippen molar-refractivity contribution in [2.45, 2.75) is 0 Å². The first kappa shape index (κ1) is 16.6. The molecule has 5 aromatic rings. The molecule has 0 aliphatic carbocycles. The van der Waals surface area contributed by atoms with Crippen molar-refractivity contribution < 1.29 is 19.8 Å². The SMILES string of the molecule is N#Cc1ccc2c(c1)nc1c3ccc(C(=O)O)c4c(C(=O)O)ccc(c(=O)n21)c43. The fourth-order valence-corrected chi connectivity index (χ4v) is 3.87. The maximum absolute atomic E-state index is 13.2. The van der Waals surface area contributed by atoms with Crippen molar-refractivity contribution in [2.24, 2.45) is 0 Å². The zero-order chi connectivity index (χ0) is 20.4. The van der Waals surface area contributed by atoms with Gasteiger partial charge >= 0.3 is 11.9 Å². The number of imidazole rings is 1. The number of carboxylic acid groups (broad SMARTS) is 2. The number of fused-ring (bicyclic) bond motifs is 4. The Morgan fingerprint density at radius 1 is 0.931 bits per heavy atom. The molecule has 0 aliphatic heterocycles. The minimum atomic E-state index is -1.29. The highest BCUT2D eigenvalue weighted by atomic mass is 16.4. The lowest BCUT2D eigenvalue weighted by Crippen LogP contribution is -2.15. The van der Waals surface area contributed by atoms with E-state index in [2.05, 4.69) is 4.98 Å². The molecule has 0 amide bonds. The van der Waals surface area contributed by atoms with Crippen molar-refractivity contribution in [3.63, 3.8) is 0 Å². The van der Waals surface area contributed by atoms with Crippen LogP contribution in [0, 0.1) is 11.3 Å². The predicted octanol–water partition coefficient (Wildman–Crippen LogP) is 2.86. The number of hydrogen-bond donors (Lipinski definition) is 2. The Morgan fingerprint density at radius 2 is 1.59 bits per heavy atom. The molecule has 0 saturated carbocycles. The van der Waals surface area contributed by atoms with Gasteiger partial charge in [-0.05, 0) is 42.5 Å². The highest BCUT2D eigenvalue weighted by Gasteiger charge is 2.23. The minimum Gasteiger partial charge on any atom is -0.478 e. The van der Waals surface area contributed by atoms with E-state index in [-0.39, 0.29) is 32.9 Å². The second kappa shape index (κ2) is 5.50. The lowest BCUT2D eigenvalue weighted by molar-refractivity contribution is 0.0695. The van der Waals surface area contributed by atoms with Crippen molar-refractivity contribution in [3.8, 4) is 6.07 Å². The van der Waals surface area contributed by atoms with Crippen molar-refractivity contribution in [1.29, 1.82) is 5.26 Å². The maximum Gasteiger partial charge on any atom is 0.336 e. The van der Waals surface area contributed by atoms with Crippen molar-refractivity contribution >= 4 is 50.2 Å². The van der Waals surface area contributed by atoms with E-state index in [4.69, 9.17) is 5.26 Å². The van der Waals surface area contributed by atoms with E-state index in [9.17, 15) is 24.6 Å². The molecule has 0 spiro atoms. The third kappa shape index (κ3) is 2.06. The van der Waals surface area contributed by atoms with E-state index in [1.54, 1.807) is 18.2 Å². The summed E-state index contributed by atoms with van der Waals surface area (Å²) in [5, 5.41) is 29.1. The second-order valence-electron chi connectivity index (χ2n) is 6.57. The number of carbonyl (C=O) groups is 2. The average molecular weight is 383 g/mol. The standard InChI is InChI=1S/C21H9N3O5/c22-8-9-1-6-15-14(7-9)23-18-10-2-4-12(20(26)27)17-13(21(28)29)5-3-11(16(10)17)19(25)24(15)18/h1-7H,(H,26,27)(H,28,29). The fourth-order valence-electron chi connectivity index (χ4n) is 3.87. The van der Waals surface area contributed by atoms with Crippen LogP contribution in [0.3, 0.4) is 0 Å². The molecule has 138 valence electrons. The van der Waals surface area contributed by atoms with E-state index in [0.717, 1.165) is 0 Å². The third-order valence-electron chi connectivity index (χ3n) is 5.08. The molecule has 2 aromatic heterocycles. The highest BCUT2D eigenvalue weighted by Crippen LogP contribution is 2.34. The smallest absolute Gasteiger partial charge is 0.336 e. The lowest BCUT2D eigenvalue weighted by atomic mass is 9.94. The Labute approximate surface area is 160 Å². The van der Waals surface area contributed by atoms with Crippen LogP contribution in [0.25, 0.3) is 38.2 Å². The monoisotopic (exact) mass is 383 g/mol. The summed E-state index contributed by atoms with van der Waals surface area (Å²) in [6, 6.07) is 12.3. The summed E-state index contributed by atoms with van der Waals surface area (Å²) < 4.78 is 1.40. The van der Waals surface area contributed by atoms with Crippen LogP contribution in [0.1, 0.15) is 26.3 Å². The molecule has 0 fully saturated rings. The molecule has 8 nitrogen and oxygen atoms in total. The van der Waals surface area contributed by atoms with Gasteiger partial charge in [0.1, 0.15) is 5.65 Å². The van der Waals surface area contributed by atoms with Crippen LogP contribution < -0.4 is 5.56 Å². The molecule has 29 heavy (non-hydrogen) atoms. The normalized spacial score (nSPS) is 11.4. The number of nitrogens with zero attached hydrogens (tertiary/aromatic N) is 3. The van der Waals surface area contributed by atoms with E-state index >= 15 is 0 Å². The molecule has 0 atom stereocenters. The van der Waals surface area contributed by atoms with Gasteiger partial charge < -0.3 is 10.2 Å². The van der Waals surface area contributed by atoms with Gasteiger partial charge in [-0.1, -0.05) is 0 Å². The Kier molecular flexibility index (Phi) is 3.16. The summed E-state index contributed by atoms with van der Waals surface area (Å²) in [4.78, 5) is 41.2. The quantitative estimate of drug-likeness (QED) is 0.479. The average Bonchev–Trinajstić information content (AvgIpc) is 3.09. The number of nitriles is 1. The molecule has 0 aliphatic rings. The van der Waals surface area contributed by atoms with Crippen LogP contribution in [0.15, 0.2) is 47.3 Å². The number of pyridine rings is 1. The Morgan fingerprint density at radius 3 is 2.21 bits per heavy atom. The number of benzene rings is 3. The topological polar surface area (TPSA) is 133 Å². The molecule has 0 unspecified atom stereocenters. The zero-order valence-corrected chi connectivity index (χ0v) is 14.5. The lowest BCUT2D eigenvalue weighted by Gasteiger charge is -2.11. The Hall–Kier alpha value is -4.51. The summed E-state index contributed by atoms with van der Waals surface area (Å²) >= 11 is 0. The first-order valence-electron chi connectivity index (χ1n) is 8.46. The van der Waals surface area contributed by atoms with E-state index in [0.29, 0.717) is 22.0 Å². The van der Waals surface area contributed by atoms with Gasteiger partial charge in [0.15, 0.2) is 0 Å². The van der Waals surface area contributed by atoms with Gasteiger partial charge in [0.2, 0.25) is 0 Å². The van der Waals surface area contributed by atoms with Gasteiger partial charge in [-0.15, -0.1) is 0 Å². The number of rotatable bonds is 2. The molecular weight excluding hydrogens is 374 g/mol. The molecule has 2 N–H and O–H groups in total. The third-order valence-corrected chi connectivity index (χ3v) is 5.08. The minimum absolute atomic E-state index is 0.00984. The molecule has 0 saturated heterocycles. The van der Waals surface area contributed by atoms with Gasteiger partial charge in [0.05, 0.1) is 33.8 Å². The summed E-state index contributed by atoms with van der Waals surface area (Å²) in [6.45, 7) is 0. The van der Waals surface area contributed by atoms with Crippen LogP contribution in [0.5, 0.6) is 0 Å². The number of aromatic nitrogens is 2. The number of aromatic carboxylic acids is 2. The van der Waals surface area contributed by atoms with Gasteiger partial charge in [-0.2, -0.15) is 5.26 Å². The molecule has 0 bridgehead atoms. The second-order valence-corrected chi connectivity index (χ2v) is 6.57. The van der Waals surface area contributed by atoms with Crippen LogP contribution in [-0.2, 0) is 0 Å². The van der Waals surface area contributed by atoms with E-state index in [1.807, 2.05) is 6.07 Å². The van der Waals surface area contributed by atoms with E-state index < -0.39 is 17.5 Å². The first-order chi connectivity index (χ1) is 13.9. The van der Waals surface area contributed by atoms with Gasteiger partial charge in [-0.3, -0.25) is 9.20 Å².